The van der Waals surface area contributed by atoms with Gasteiger partial charge in [-0.15, -0.1) is 0 Å². The van der Waals surface area contributed by atoms with Gasteiger partial charge in [0, 0.05) is 24.9 Å². The predicted molar refractivity (Wildman–Crippen MR) is 87.8 cm³/mol. The van der Waals surface area contributed by atoms with Crippen molar-refractivity contribution < 1.29 is 14.0 Å². The van der Waals surface area contributed by atoms with E-state index in [4.69, 9.17) is 25.6 Å². The lowest BCUT2D eigenvalue weighted by Crippen LogP contribution is -2.41. The summed E-state index contributed by atoms with van der Waals surface area (Å²) in [6, 6.07) is 2.09. The number of nitrogens with zero attached hydrogens (tertiary/aromatic N) is 1. The molecule has 0 atom stereocenters. The number of pyridine rings is 1. The lowest BCUT2D eigenvalue weighted by molar-refractivity contribution is 0.00578. The quantitative estimate of drug-likeness (QED) is 0.620. The topological polar surface area (TPSA) is 40.6 Å². The normalized spacial score (nSPS) is 24.7. The standard InChI is InChI=1S/C16H23BClNO3/c1-15(2)16(3,4)22-17(21-15)12-9-13(14(18)19-10-12)11-5-7-20-8-6-11/h9-11H,5-8H2,1-4H3. The molecule has 2 fully saturated rings. The summed E-state index contributed by atoms with van der Waals surface area (Å²) >= 11 is 6.31. The van der Waals surface area contributed by atoms with Crippen LogP contribution in [0.1, 0.15) is 52.0 Å². The van der Waals surface area contributed by atoms with Crippen molar-refractivity contribution in [3.05, 3.63) is 23.0 Å². The van der Waals surface area contributed by atoms with Crippen LogP contribution in [-0.2, 0) is 14.0 Å². The summed E-state index contributed by atoms with van der Waals surface area (Å²) in [7, 11) is -0.395. The van der Waals surface area contributed by atoms with Crippen LogP contribution in [-0.4, -0.2) is 36.5 Å². The monoisotopic (exact) mass is 323 g/mol. The van der Waals surface area contributed by atoms with Crippen molar-refractivity contribution in [2.75, 3.05) is 13.2 Å². The van der Waals surface area contributed by atoms with Crippen molar-refractivity contribution in [3.63, 3.8) is 0 Å². The van der Waals surface area contributed by atoms with Gasteiger partial charge in [-0.05, 0) is 52.0 Å². The maximum absolute atomic E-state index is 6.31. The summed E-state index contributed by atoms with van der Waals surface area (Å²) in [5.74, 6) is 0.399. The zero-order valence-electron chi connectivity index (χ0n) is 13.7. The van der Waals surface area contributed by atoms with Crippen molar-refractivity contribution in [1.29, 1.82) is 0 Å². The molecule has 0 saturated carbocycles. The molecule has 2 aliphatic rings. The molecular weight excluding hydrogens is 300 g/mol. The van der Waals surface area contributed by atoms with Gasteiger partial charge < -0.3 is 14.0 Å². The van der Waals surface area contributed by atoms with Crippen LogP contribution >= 0.6 is 11.6 Å². The van der Waals surface area contributed by atoms with Crippen LogP contribution in [0.2, 0.25) is 5.15 Å². The second-order valence-electron chi connectivity index (χ2n) is 7.12. The van der Waals surface area contributed by atoms with Gasteiger partial charge in [-0.2, -0.15) is 0 Å². The van der Waals surface area contributed by atoms with E-state index in [2.05, 4.69) is 38.7 Å². The minimum atomic E-state index is -0.395. The van der Waals surface area contributed by atoms with Crippen LogP contribution in [0, 0.1) is 0 Å². The minimum absolute atomic E-state index is 0.351. The van der Waals surface area contributed by atoms with Crippen LogP contribution in [0.25, 0.3) is 0 Å². The number of rotatable bonds is 2. The van der Waals surface area contributed by atoms with Gasteiger partial charge in [-0.3, -0.25) is 0 Å². The highest BCUT2D eigenvalue weighted by atomic mass is 35.5. The summed E-state index contributed by atoms with van der Waals surface area (Å²) < 4.78 is 17.6. The fraction of sp³-hybridized carbons (Fsp3) is 0.688. The Hall–Kier alpha value is -0.615. The molecule has 0 spiro atoms. The van der Waals surface area contributed by atoms with Gasteiger partial charge in [0.15, 0.2) is 0 Å². The highest BCUT2D eigenvalue weighted by Gasteiger charge is 2.51. The Morgan fingerprint density at radius 2 is 1.73 bits per heavy atom. The largest absolute Gasteiger partial charge is 0.496 e. The Labute approximate surface area is 137 Å². The second kappa shape index (κ2) is 5.79. The first-order valence-electron chi connectivity index (χ1n) is 7.89. The van der Waals surface area contributed by atoms with Gasteiger partial charge in [0.1, 0.15) is 5.15 Å². The Morgan fingerprint density at radius 1 is 1.14 bits per heavy atom. The molecule has 0 aliphatic carbocycles. The average Bonchev–Trinajstić information content (AvgIpc) is 2.69. The second-order valence-corrected chi connectivity index (χ2v) is 7.48. The first-order valence-corrected chi connectivity index (χ1v) is 8.27. The predicted octanol–water partition coefficient (Wildman–Crippen LogP) is 2.93. The zero-order chi connectivity index (χ0) is 16.0. The number of hydrogen-bond donors (Lipinski definition) is 0. The van der Waals surface area contributed by atoms with Gasteiger partial charge >= 0.3 is 7.12 Å². The van der Waals surface area contributed by atoms with Crippen molar-refractivity contribution in [3.8, 4) is 0 Å². The summed E-state index contributed by atoms with van der Waals surface area (Å²) in [5.41, 5.74) is 1.31. The molecule has 0 radical (unpaired) electrons. The Bertz CT molecular complexity index is 542. The third-order valence-corrected chi connectivity index (χ3v) is 5.39. The number of ether oxygens (including phenoxy) is 1. The average molecular weight is 324 g/mol. The van der Waals surface area contributed by atoms with E-state index in [9.17, 15) is 0 Å². The fourth-order valence-electron chi connectivity index (χ4n) is 2.89. The molecule has 120 valence electrons. The Balaban J connectivity index is 1.87. The van der Waals surface area contributed by atoms with Crippen LogP contribution in [0.3, 0.4) is 0 Å². The smallest absolute Gasteiger partial charge is 0.399 e. The highest BCUT2D eigenvalue weighted by Crippen LogP contribution is 2.37. The van der Waals surface area contributed by atoms with Gasteiger partial charge in [0.05, 0.1) is 11.2 Å². The summed E-state index contributed by atoms with van der Waals surface area (Å²) in [4.78, 5) is 4.36. The Morgan fingerprint density at radius 3 is 2.32 bits per heavy atom. The molecular formula is C16H23BClNO3. The maximum atomic E-state index is 6.31. The maximum Gasteiger partial charge on any atom is 0.496 e. The van der Waals surface area contributed by atoms with Crippen molar-refractivity contribution in [1.82, 2.24) is 4.98 Å². The molecule has 3 heterocycles. The lowest BCUT2D eigenvalue weighted by atomic mass is 9.78. The minimum Gasteiger partial charge on any atom is -0.399 e. The molecule has 0 bridgehead atoms. The van der Waals surface area contributed by atoms with E-state index in [1.54, 1.807) is 6.20 Å². The summed E-state index contributed by atoms with van der Waals surface area (Å²) in [6.07, 6.45) is 3.72. The molecule has 0 N–H and O–H groups in total. The first-order chi connectivity index (χ1) is 10.3. The molecule has 2 aliphatic heterocycles. The van der Waals surface area contributed by atoms with E-state index in [-0.39, 0.29) is 11.2 Å². The van der Waals surface area contributed by atoms with E-state index < -0.39 is 7.12 Å². The van der Waals surface area contributed by atoms with Gasteiger partial charge in [0.25, 0.3) is 0 Å². The molecule has 1 aromatic rings. The molecule has 0 amide bonds. The molecule has 6 heteroatoms. The van der Waals surface area contributed by atoms with Crippen molar-refractivity contribution >= 4 is 24.2 Å². The van der Waals surface area contributed by atoms with Gasteiger partial charge in [-0.1, -0.05) is 17.7 Å². The summed E-state index contributed by atoms with van der Waals surface area (Å²) in [5, 5.41) is 0.576. The van der Waals surface area contributed by atoms with Gasteiger partial charge in [-0.25, -0.2) is 4.98 Å². The van der Waals surface area contributed by atoms with Crippen LogP contribution in [0.5, 0.6) is 0 Å². The van der Waals surface area contributed by atoms with E-state index in [1.165, 1.54) is 0 Å². The highest BCUT2D eigenvalue weighted by molar-refractivity contribution is 6.62. The molecule has 2 saturated heterocycles. The van der Waals surface area contributed by atoms with Gasteiger partial charge in [0.2, 0.25) is 0 Å². The molecule has 0 unspecified atom stereocenters. The molecule has 1 aromatic heterocycles. The zero-order valence-corrected chi connectivity index (χ0v) is 14.4. The SMILES string of the molecule is CC1(C)OB(c2cnc(Cl)c(C3CCOCC3)c2)OC1(C)C. The van der Waals surface area contributed by atoms with Crippen LogP contribution < -0.4 is 5.46 Å². The van der Waals surface area contributed by atoms with E-state index in [0.29, 0.717) is 11.1 Å². The van der Waals surface area contributed by atoms with Crippen LogP contribution in [0.15, 0.2) is 12.3 Å². The third kappa shape index (κ3) is 2.92. The van der Waals surface area contributed by atoms with E-state index in [0.717, 1.165) is 37.1 Å². The number of aromatic nitrogens is 1. The number of halogens is 1. The van der Waals surface area contributed by atoms with Crippen molar-refractivity contribution in [2.24, 2.45) is 0 Å². The first kappa shape index (κ1) is 16.3. The van der Waals surface area contributed by atoms with E-state index in [1.807, 2.05) is 0 Å². The Kier molecular flexibility index (Phi) is 4.27. The molecule has 3 rings (SSSR count). The van der Waals surface area contributed by atoms with Crippen molar-refractivity contribution in [2.45, 2.75) is 57.7 Å². The molecule has 0 aromatic carbocycles. The fourth-order valence-corrected chi connectivity index (χ4v) is 3.14. The summed E-state index contributed by atoms with van der Waals surface area (Å²) in [6.45, 7) is 9.76. The lowest BCUT2D eigenvalue weighted by Gasteiger charge is -2.32. The molecule has 22 heavy (non-hydrogen) atoms. The number of hydrogen-bond acceptors (Lipinski definition) is 4. The van der Waals surface area contributed by atoms with Crippen LogP contribution in [0.4, 0.5) is 0 Å². The molecule has 4 nitrogen and oxygen atoms in total. The third-order valence-electron chi connectivity index (χ3n) is 5.07. The van der Waals surface area contributed by atoms with E-state index >= 15 is 0 Å².